The van der Waals surface area contributed by atoms with Crippen LogP contribution in [-0.4, -0.2) is 22.0 Å². The van der Waals surface area contributed by atoms with Gasteiger partial charge >= 0.3 is 12.6 Å². The van der Waals surface area contributed by atoms with Gasteiger partial charge in [0.15, 0.2) is 0 Å². The van der Waals surface area contributed by atoms with Crippen LogP contribution < -0.4 is 10.3 Å². The highest BCUT2D eigenvalue weighted by atomic mass is 79.9. The Morgan fingerprint density at radius 2 is 1.96 bits per heavy atom. The van der Waals surface area contributed by atoms with E-state index < -0.39 is 12.6 Å². The third-order valence-corrected chi connectivity index (χ3v) is 4.03. The van der Waals surface area contributed by atoms with Crippen molar-refractivity contribution in [3.8, 4) is 5.75 Å². The molecule has 0 saturated carbocycles. The maximum atomic E-state index is 12.1. The highest BCUT2D eigenvalue weighted by molar-refractivity contribution is 9.10. The van der Waals surface area contributed by atoms with Gasteiger partial charge in [0.25, 0.3) is 5.56 Å². The number of fused-ring (bicyclic) bond motifs is 1. The van der Waals surface area contributed by atoms with E-state index in [0.29, 0.717) is 16.9 Å². The minimum absolute atomic E-state index is 0.0235. The lowest BCUT2D eigenvalue weighted by atomic mass is 10.2. The van der Waals surface area contributed by atoms with Gasteiger partial charge in [0.05, 0.1) is 5.69 Å². The molecule has 6 nitrogen and oxygen atoms in total. The molecule has 0 aliphatic heterocycles. The second-order valence-corrected chi connectivity index (χ2v) is 6.47. The number of ether oxygens (including phenoxy) is 2. The molecule has 0 saturated heterocycles. The summed E-state index contributed by atoms with van der Waals surface area (Å²) < 4.78 is 35.6. The fourth-order valence-corrected chi connectivity index (χ4v) is 2.65. The number of carbonyl (C=O) groups is 1. The monoisotopic (exact) mass is 450 g/mol. The van der Waals surface area contributed by atoms with E-state index in [1.807, 2.05) is 0 Å². The number of rotatable bonds is 6. The van der Waals surface area contributed by atoms with Gasteiger partial charge in [-0.05, 0) is 51.8 Å². The number of halogens is 3. The fraction of sp³-hybridized carbons (Fsp3) is 0.105. The Balaban J connectivity index is 1.61. The van der Waals surface area contributed by atoms with Gasteiger partial charge in [-0.2, -0.15) is 8.78 Å². The molecule has 144 valence electrons. The molecule has 1 aromatic carbocycles. The van der Waals surface area contributed by atoms with E-state index in [1.54, 1.807) is 18.3 Å². The zero-order valence-corrected chi connectivity index (χ0v) is 15.8. The molecule has 0 N–H and O–H groups in total. The first-order valence-electron chi connectivity index (χ1n) is 7.98. The number of pyridine rings is 1. The number of alkyl halides is 2. The van der Waals surface area contributed by atoms with Crippen molar-refractivity contribution >= 4 is 33.6 Å². The van der Waals surface area contributed by atoms with E-state index >= 15 is 0 Å². The van der Waals surface area contributed by atoms with Crippen LogP contribution in [0.4, 0.5) is 8.78 Å². The lowest BCUT2D eigenvalue weighted by Crippen LogP contribution is -2.16. The van der Waals surface area contributed by atoms with Gasteiger partial charge in [-0.3, -0.25) is 9.20 Å². The quantitative estimate of drug-likeness (QED) is 0.421. The molecule has 28 heavy (non-hydrogen) atoms. The summed E-state index contributed by atoms with van der Waals surface area (Å²) in [5.41, 5.74) is 1.07. The number of benzene rings is 1. The van der Waals surface area contributed by atoms with Crippen molar-refractivity contribution in [2.24, 2.45) is 0 Å². The van der Waals surface area contributed by atoms with Crippen molar-refractivity contribution in [3.05, 3.63) is 80.8 Å². The van der Waals surface area contributed by atoms with Gasteiger partial charge in [0.1, 0.15) is 18.0 Å². The fourth-order valence-electron chi connectivity index (χ4n) is 2.32. The van der Waals surface area contributed by atoms with Crippen molar-refractivity contribution in [3.63, 3.8) is 0 Å². The van der Waals surface area contributed by atoms with Crippen molar-refractivity contribution in [1.82, 2.24) is 9.38 Å². The van der Waals surface area contributed by atoms with E-state index in [1.165, 1.54) is 46.9 Å². The summed E-state index contributed by atoms with van der Waals surface area (Å²) in [5.74, 6) is -0.610. The molecular weight excluding hydrogens is 438 g/mol. The minimum atomic E-state index is -2.89. The first-order valence-corrected chi connectivity index (χ1v) is 8.77. The number of hydrogen-bond acceptors (Lipinski definition) is 5. The summed E-state index contributed by atoms with van der Waals surface area (Å²) in [6.45, 7) is -3.05. The van der Waals surface area contributed by atoms with Crippen LogP contribution in [0.1, 0.15) is 11.3 Å². The molecule has 0 bridgehead atoms. The number of nitrogens with zero attached hydrogens (tertiary/aromatic N) is 2. The Hall–Kier alpha value is -3.07. The van der Waals surface area contributed by atoms with E-state index in [2.05, 4.69) is 25.7 Å². The molecule has 3 aromatic rings. The normalized spacial score (nSPS) is 11.3. The predicted molar refractivity (Wildman–Crippen MR) is 101 cm³/mol. The first kappa shape index (κ1) is 19.7. The average molecular weight is 451 g/mol. The third kappa shape index (κ3) is 5.23. The smallest absolute Gasteiger partial charge is 0.387 e. The van der Waals surface area contributed by atoms with Crippen LogP contribution in [0.15, 0.2) is 64.0 Å². The molecule has 0 radical (unpaired) electrons. The van der Waals surface area contributed by atoms with Crippen LogP contribution in [0.2, 0.25) is 0 Å². The summed E-state index contributed by atoms with van der Waals surface area (Å²) in [6.07, 6.45) is 4.25. The molecule has 0 atom stereocenters. The van der Waals surface area contributed by atoms with Crippen LogP contribution >= 0.6 is 15.9 Å². The highest BCUT2D eigenvalue weighted by Crippen LogP contribution is 2.15. The van der Waals surface area contributed by atoms with E-state index in [0.717, 1.165) is 4.47 Å². The van der Waals surface area contributed by atoms with Crippen LogP contribution in [0, 0.1) is 0 Å². The standard InChI is InChI=1S/C19H13BrF2N2O4/c20-13-4-7-16-23-14(9-17(25)24(16)10-13)11-27-18(26)8-3-12-1-5-15(6-2-12)28-19(21)22/h1-10,19H,11H2. The zero-order valence-electron chi connectivity index (χ0n) is 14.2. The summed E-state index contributed by atoms with van der Waals surface area (Å²) in [4.78, 5) is 28.2. The number of carbonyl (C=O) groups excluding carboxylic acids is 1. The second kappa shape index (κ2) is 8.75. The van der Waals surface area contributed by atoms with Crippen LogP contribution in [0.25, 0.3) is 11.7 Å². The molecule has 0 fully saturated rings. The Labute approximate surface area is 166 Å². The Kier molecular flexibility index (Phi) is 6.15. The number of aromatic nitrogens is 2. The molecule has 0 amide bonds. The summed E-state index contributed by atoms with van der Waals surface area (Å²) >= 11 is 3.28. The molecule has 0 unspecified atom stereocenters. The molecule has 0 aliphatic carbocycles. The van der Waals surface area contributed by atoms with Crippen molar-refractivity contribution in [1.29, 1.82) is 0 Å². The predicted octanol–water partition coefficient (Wildman–Crippen LogP) is 3.82. The molecule has 9 heteroatoms. The lowest BCUT2D eigenvalue weighted by Gasteiger charge is -2.05. The van der Waals surface area contributed by atoms with E-state index in [-0.39, 0.29) is 17.9 Å². The molecule has 3 rings (SSSR count). The molecule has 0 spiro atoms. The topological polar surface area (TPSA) is 69.9 Å². The van der Waals surface area contributed by atoms with Crippen molar-refractivity contribution < 1.29 is 23.0 Å². The van der Waals surface area contributed by atoms with Gasteiger partial charge in [-0.1, -0.05) is 12.1 Å². The largest absolute Gasteiger partial charge is 0.456 e. The number of hydrogen-bond donors (Lipinski definition) is 0. The Bertz CT molecular complexity index is 1080. The Morgan fingerprint density at radius 3 is 2.68 bits per heavy atom. The Morgan fingerprint density at radius 1 is 1.21 bits per heavy atom. The third-order valence-electron chi connectivity index (χ3n) is 3.56. The molecular formula is C19H13BrF2N2O4. The van der Waals surface area contributed by atoms with E-state index in [4.69, 9.17) is 4.74 Å². The maximum absolute atomic E-state index is 12.1. The van der Waals surface area contributed by atoms with E-state index in [9.17, 15) is 18.4 Å². The van der Waals surface area contributed by atoms with Crippen LogP contribution in [-0.2, 0) is 16.1 Å². The maximum Gasteiger partial charge on any atom is 0.387 e. The van der Waals surface area contributed by atoms with Gasteiger partial charge in [-0.15, -0.1) is 0 Å². The average Bonchev–Trinajstić information content (AvgIpc) is 2.66. The van der Waals surface area contributed by atoms with Gasteiger partial charge in [0.2, 0.25) is 0 Å². The molecule has 2 heterocycles. The van der Waals surface area contributed by atoms with Crippen molar-refractivity contribution in [2.45, 2.75) is 13.2 Å². The van der Waals surface area contributed by atoms with Gasteiger partial charge < -0.3 is 9.47 Å². The zero-order chi connectivity index (χ0) is 20.1. The summed E-state index contributed by atoms with van der Waals surface area (Å²) in [6, 6.07) is 10.5. The summed E-state index contributed by atoms with van der Waals surface area (Å²) in [5, 5.41) is 0. The highest BCUT2D eigenvalue weighted by Gasteiger charge is 2.06. The lowest BCUT2D eigenvalue weighted by molar-refractivity contribution is -0.139. The number of esters is 1. The minimum Gasteiger partial charge on any atom is -0.456 e. The van der Waals surface area contributed by atoms with Gasteiger partial charge in [0, 0.05) is 22.8 Å². The van der Waals surface area contributed by atoms with Crippen LogP contribution in [0.5, 0.6) is 5.75 Å². The second-order valence-electron chi connectivity index (χ2n) is 5.55. The SMILES string of the molecule is O=C(C=Cc1ccc(OC(F)F)cc1)OCc1cc(=O)n2cc(Br)ccc2n1. The first-order chi connectivity index (χ1) is 13.4. The van der Waals surface area contributed by atoms with Crippen LogP contribution in [0.3, 0.4) is 0 Å². The van der Waals surface area contributed by atoms with Gasteiger partial charge in [-0.25, -0.2) is 9.78 Å². The summed E-state index contributed by atoms with van der Waals surface area (Å²) in [7, 11) is 0. The molecule has 2 aromatic heterocycles. The molecule has 0 aliphatic rings. The van der Waals surface area contributed by atoms with Crippen molar-refractivity contribution in [2.75, 3.05) is 0 Å².